The number of aromatic nitrogens is 3. The van der Waals surface area contributed by atoms with Crippen molar-refractivity contribution in [2.75, 3.05) is 13.7 Å². The smallest absolute Gasteiger partial charge is 0.161 e. The molecular formula is C16H24N4O. The quantitative estimate of drug-likeness (QED) is 0.811. The van der Waals surface area contributed by atoms with Gasteiger partial charge in [-0.2, -0.15) is 5.10 Å². The van der Waals surface area contributed by atoms with Gasteiger partial charge in [-0.05, 0) is 43.5 Å². The molecule has 1 unspecified atom stereocenters. The van der Waals surface area contributed by atoms with E-state index in [1.54, 1.807) is 13.3 Å². The van der Waals surface area contributed by atoms with Crippen molar-refractivity contribution >= 4 is 0 Å². The molecule has 0 bridgehead atoms. The Kier molecular flexibility index (Phi) is 5.75. The summed E-state index contributed by atoms with van der Waals surface area (Å²) in [6.07, 6.45) is 8.56. The molecule has 21 heavy (non-hydrogen) atoms. The summed E-state index contributed by atoms with van der Waals surface area (Å²) in [7, 11) is 3.66. The first-order valence-electron chi connectivity index (χ1n) is 7.44. The molecule has 0 aliphatic carbocycles. The summed E-state index contributed by atoms with van der Waals surface area (Å²) in [4.78, 5) is 4.06. The Morgan fingerprint density at radius 3 is 2.76 bits per heavy atom. The normalized spacial score (nSPS) is 12.3. The summed E-state index contributed by atoms with van der Waals surface area (Å²) in [5, 5.41) is 7.91. The van der Waals surface area contributed by atoms with E-state index in [-0.39, 0.29) is 6.04 Å². The molecule has 0 aromatic carbocycles. The summed E-state index contributed by atoms with van der Waals surface area (Å²) >= 11 is 0. The van der Waals surface area contributed by atoms with Crippen LogP contribution in [0.4, 0.5) is 0 Å². The minimum Gasteiger partial charge on any atom is -0.493 e. The second-order valence-electron chi connectivity index (χ2n) is 5.12. The number of aryl methyl sites for hydroxylation is 2. The molecule has 5 nitrogen and oxygen atoms in total. The van der Waals surface area contributed by atoms with Crippen molar-refractivity contribution < 1.29 is 4.74 Å². The van der Waals surface area contributed by atoms with Crippen LogP contribution in [0.2, 0.25) is 0 Å². The van der Waals surface area contributed by atoms with Gasteiger partial charge in [-0.25, -0.2) is 0 Å². The molecule has 0 spiro atoms. The number of methoxy groups -OCH3 is 1. The van der Waals surface area contributed by atoms with Crippen LogP contribution in [-0.2, 0) is 13.5 Å². The van der Waals surface area contributed by atoms with Crippen molar-refractivity contribution in [3.05, 3.63) is 42.0 Å². The average molecular weight is 288 g/mol. The first-order chi connectivity index (χ1) is 10.3. The zero-order valence-corrected chi connectivity index (χ0v) is 13.0. The second kappa shape index (κ2) is 7.78. The predicted molar refractivity (Wildman–Crippen MR) is 83.4 cm³/mol. The summed E-state index contributed by atoms with van der Waals surface area (Å²) in [6, 6.07) is 4.37. The molecule has 0 amide bonds. The van der Waals surface area contributed by atoms with Gasteiger partial charge in [-0.15, -0.1) is 0 Å². The van der Waals surface area contributed by atoms with Gasteiger partial charge in [0.2, 0.25) is 0 Å². The van der Waals surface area contributed by atoms with E-state index in [2.05, 4.69) is 34.5 Å². The van der Waals surface area contributed by atoms with Crippen LogP contribution < -0.4 is 10.1 Å². The maximum Gasteiger partial charge on any atom is 0.161 e. The largest absolute Gasteiger partial charge is 0.493 e. The van der Waals surface area contributed by atoms with Gasteiger partial charge in [0, 0.05) is 19.4 Å². The second-order valence-corrected chi connectivity index (χ2v) is 5.12. The molecule has 2 heterocycles. The molecule has 1 atom stereocenters. The van der Waals surface area contributed by atoms with Gasteiger partial charge in [0.05, 0.1) is 25.0 Å². The van der Waals surface area contributed by atoms with E-state index in [9.17, 15) is 0 Å². The van der Waals surface area contributed by atoms with E-state index in [1.807, 2.05) is 24.1 Å². The molecule has 0 fully saturated rings. The third-order valence-electron chi connectivity index (χ3n) is 3.61. The molecule has 0 radical (unpaired) electrons. The molecule has 0 aliphatic rings. The molecular weight excluding hydrogens is 264 g/mol. The van der Waals surface area contributed by atoms with Gasteiger partial charge in [-0.1, -0.05) is 6.92 Å². The maximum atomic E-state index is 5.45. The van der Waals surface area contributed by atoms with E-state index < -0.39 is 0 Å². The molecule has 114 valence electrons. The Labute approximate surface area is 126 Å². The van der Waals surface area contributed by atoms with Crippen LogP contribution in [-0.4, -0.2) is 28.4 Å². The first kappa shape index (κ1) is 15.5. The van der Waals surface area contributed by atoms with Crippen LogP contribution in [0.5, 0.6) is 5.75 Å². The first-order valence-corrected chi connectivity index (χ1v) is 7.44. The molecule has 0 aliphatic heterocycles. The summed E-state index contributed by atoms with van der Waals surface area (Å²) < 4.78 is 7.35. The number of ether oxygens (including phenoxy) is 1. The van der Waals surface area contributed by atoms with Crippen molar-refractivity contribution in [1.82, 2.24) is 20.1 Å². The fourth-order valence-corrected chi connectivity index (χ4v) is 2.50. The molecule has 1 N–H and O–H groups in total. The van der Waals surface area contributed by atoms with Crippen LogP contribution >= 0.6 is 0 Å². The third kappa shape index (κ3) is 4.04. The number of nitrogens with one attached hydrogen (secondary N) is 1. The lowest BCUT2D eigenvalue weighted by molar-refractivity contribution is 0.388. The highest BCUT2D eigenvalue weighted by atomic mass is 16.5. The molecule has 0 saturated carbocycles. The Balaban J connectivity index is 2.12. The number of pyridine rings is 1. The SMILES string of the molecule is CCCNC(CCc1ccncc1)c1c(OC)cnn1C. The van der Waals surface area contributed by atoms with Crippen molar-refractivity contribution in [3.63, 3.8) is 0 Å². The summed E-state index contributed by atoms with van der Waals surface area (Å²) in [5.41, 5.74) is 2.41. The van der Waals surface area contributed by atoms with Crippen molar-refractivity contribution in [2.45, 2.75) is 32.2 Å². The maximum absolute atomic E-state index is 5.45. The zero-order chi connectivity index (χ0) is 15.1. The lowest BCUT2D eigenvalue weighted by Gasteiger charge is -2.20. The highest BCUT2D eigenvalue weighted by Gasteiger charge is 2.20. The van der Waals surface area contributed by atoms with Crippen LogP contribution in [0, 0.1) is 0 Å². The van der Waals surface area contributed by atoms with Crippen molar-refractivity contribution in [1.29, 1.82) is 0 Å². The Bertz CT molecular complexity index is 538. The average Bonchev–Trinajstić information content (AvgIpc) is 2.89. The number of rotatable bonds is 8. The van der Waals surface area contributed by atoms with Gasteiger partial charge in [-0.3, -0.25) is 9.67 Å². The molecule has 5 heteroatoms. The van der Waals surface area contributed by atoms with E-state index in [4.69, 9.17) is 4.74 Å². The lowest BCUT2D eigenvalue weighted by atomic mass is 10.0. The number of hydrogen-bond acceptors (Lipinski definition) is 4. The third-order valence-corrected chi connectivity index (χ3v) is 3.61. The Hall–Kier alpha value is -1.88. The zero-order valence-electron chi connectivity index (χ0n) is 13.0. The van der Waals surface area contributed by atoms with Gasteiger partial charge in [0.1, 0.15) is 0 Å². The van der Waals surface area contributed by atoms with Crippen molar-refractivity contribution in [2.24, 2.45) is 7.05 Å². The van der Waals surface area contributed by atoms with Gasteiger partial charge in [0.25, 0.3) is 0 Å². The van der Waals surface area contributed by atoms with E-state index in [1.165, 1.54) is 5.56 Å². The number of nitrogens with zero attached hydrogens (tertiary/aromatic N) is 3. The predicted octanol–water partition coefficient (Wildman–Crippen LogP) is 2.50. The topological polar surface area (TPSA) is 52.0 Å². The summed E-state index contributed by atoms with van der Waals surface area (Å²) in [5.74, 6) is 0.848. The fraction of sp³-hybridized carbons (Fsp3) is 0.500. The molecule has 2 aromatic heterocycles. The Morgan fingerprint density at radius 1 is 1.33 bits per heavy atom. The highest BCUT2D eigenvalue weighted by Crippen LogP contribution is 2.27. The molecule has 2 aromatic rings. The lowest BCUT2D eigenvalue weighted by Crippen LogP contribution is -2.25. The van der Waals surface area contributed by atoms with Crippen molar-refractivity contribution in [3.8, 4) is 5.75 Å². The minimum absolute atomic E-state index is 0.237. The molecule has 2 rings (SSSR count). The van der Waals surface area contributed by atoms with Crippen LogP contribution in [0.15, 0.2) is 30.7 Å². The van der Waals surface area contributed by atoms with E-state index in [0.29, 0.717) is 0 Å². The number of hydrogen-bond donors (Lipinski definition) is 1. The van der Waals surface area contributed by atoms with Crippen LogP contribution in [0.3, 0.4) is 0 Å². The summed E-state index contributed by atoms with van der Waals surface area (Å²) in [6.45, 7) is 3.16. The van der Waals surface area contributed by atoms with Gasteiger partial charge < -0.3 is 10.1 Å². The fourth-order valence-electron chi connectivity index (χ4n) is 2.50. The Morgan fingerprint density at radius 2 is 2.10 bits per heavy atom. The minimum atomic E-state index is 0.237. The van der Waals surface area contributed by atoms with E-state index >= 15 is 0 Å². The van der Waals surface area contributed by atoms with Gasteiger partial charge in [0.15, 0.2) is 5.75 Å². The van der Waals surface area contributed by atoms with E-state index in [0.717, 1.165) is 37.3 Å². The monoisotopic (exact) mass is 288 g/mol. The molecule has 0 saturated heterocycles. The van der Waals surface area contributed by atoms with Crippen LogP contribution in [0.25, 0.3) is 0 Å². The van der Waals surface area contributed by atoms with Gasteiger partial charge >= 0.3 is 0 Å². The van der Waals surface area contributed by atoms with Crippen LogP contribution in [0.1, 0.15) is 37.1 Å². The highest BCUT2D eigenvalue weighted by molar-refractivity contribution is 5.28. The standard InChI is InChI=1S/C16H24N4O/c1-4-9-18-14(6-5-13-7-10-17-11-8-13)16-15(21-3)12-19-20(16)2/h7-8,10-12,14,18H,4-6,9H2,1-3H3.